The fourth-order valence-corrected chi connectivity index (χ4v) is 2.95. The predicted molar refractivity (Wildman–Crippen MR) is 87.3 cm³/mol. The van der Waals surface area contributed by atoms with E-state index in [0.717, 1.165) is 5.69 Å². The van der Waals surface area contributed by atoms with E-state index in [2.05, 4.69) is 9.98 Å². The fraction of sp³-hybridized carbons (Fsp3) is 0.412. The Bertz CT molecular complexity index is 777. The molecule has 0 saturated carbocycles. The number of imidazole rings is 1. The predicted octanol–water partition coefficient (Wildman–Crippen LogP) is 4.59. The third-order valence-corrected chi connectivity index (χ3v) is 4.08. The van der Waals surface area contributed by atoms with E-state index in [9.17, 15) is 17.6 Å². The number of aryl methyl sites for hydroxylation is 1. The van der Waals surface area contributed by atoms with Crippen molar-refractivity contribution < 1.29 is 17.6 Å². The van der Waals surface area contributed by atoms with Gasteiger partial charge in [-0.1, -0.05) is 6.92 Å². The molecule has 25 heavy (non-hydrogen) atoms. The average Bonchev–Trinajstić information content (AvgIpc) is 2.86. The monoisotopic (exact) mass is 354 g/mol. The van der Waals surface area contributed by atoms with Gasteiger partial charge in [0.15, 0.2) is 5.82 Å². The van der Waals surface area contributed by atoms with Gasteiger partial charge in [-0.25, -0.2) is 14.4 Å². The molecule has 0 amide bonds. The Kier molecular flexibility index (Phi) is 4.53. The van der Waals surface area contributed by atoms with Crippen LogP contribution in [0.2, 0.25) is 0 Å². The maximum atomic E-state index is 13.2. The highest BCUT2D eigenvalue weighted by Gasteiger charge is 2.32. The highest BCUT2D eigenvalue weighted by Crippen LogP contribution is 2.33. The van der Waals surface area contributed by atoms with Crippen molar-refractivity contribution in [3.05, 3.63) is 42.1 Å². The Morgan fingerprint density at radius 3 is 2.52 bits per heavy atom. The second-order valence-electron chi connectivity index (χ2n) is 6.34. The number of alkyl halides is 3. The van der Waals surface area contributed by atoms with Crippen molar-refractivity contribution >= 4 is 17.3 Å². The van der Waals surface area contributed by atoms with Crippen molar-refractivity contribution in [1.82, 2.24) is 9.55 Å². The topological polar surface area (TPSA) is 33.4 Å². The summed E-state index contributed by atoms with van der Waals surface area (Å²) in [5, 5.41) is 0. The van der Waals surface area contributed by atoms with Crippen LogP contribution in [0.5, 0.6) is 0 Å². The highest BCUT2D eigenvalue weighted by molar-refractivity contribution is 6.00. The minimum absolute atomic E-state index is 0.168. The molecule has 0 aliphatic carbocycles. The molecule has 2 aromatic rings. The molecule has 3 rings (SSSR count). The van der Waals surface area contributed by atoms with E-state index in [1.54, 1.807) is 41.9 Å². The van der Waals surface area contributed by atoms with Crippen LogP contribution in [-0.2, 0) is 13.6 Å². The molecule has 1 aromatic heterocycles. The van der Waals surface area contributed by atoms with Crippen LogP contribution in [0.15, 0.2) is 35.6 Å². The molecule has 1 aliphatic heterocycles. The van der Waals surface area contributed by atoms with Gasteiger partial charge in [0.05, 0.1) is 12.9 Å². The summed E-state index contributed by atoms with van der Waals surface area (Å²) in [7, 11) is 1.79. The number of anilines is 1. The number of nitrogens with zero attached hydrogens (tertiary/aromatic N) is 4. The van der Waals surface area contributed by atoms with Crippen molar-refractivity contribution in [3.63, 3.8) is 0 Å². The van der Waals surface area contributed by atoms with Gasteiger partial charge in [-0.2, -0.15) is 13.2 Å². The van der Waals surface area contributed by atoms with E-state index in [1.165, 1.54) is 12.1 Å². The second-order valence-corrected chi connectivity index (χ2v) is 6.34. The molecule has 1 aromatic carbocycles. The number of aliphatic imine (C=N–C) groups is 1. The van der Waals surface area contributed by atoms with Crippen LogP contribution in [-0.4, -0.2) is 21.6 Å². The minimum Gasteiger partial charge on any atom is -0.324 e. The van der Waals surface area contributed by atoms with E-state index >= 15 is 0 Å². The molecule has 0 fully saturated rings. The van der Waals surface area contributed by atoms with Crippen molar-refractivity contribution in [1.29, 1.82) is 0 Å². The summed E-state index contributed by atoms with van der Waals surface area (Å²) in [6.45, 7) is 1.94. The van der Waals surface area contributed by atoms with Crippen LogP contribution in [0.25, 0.3) is 0 Å². The lowest BCUT2D eigenvalue weighted by molar-refractivity contribution is -0.142. The third-order valence-electron chi connectivity index (χ3n) is 4.08. The maximum absolute atomic E-state index is 13.2. The molecule has 0 bridgehead atoms. The Labute approximate surface area is 142 Å². The van der Waals surface area contributed by atoms with Crippen molar-refractivity contribution in [2.45, 2.75) is 32.5 Å². The summed E-state index contributed by atoms with van der Waals surface area (Å²) in [6.07, 6.45) is -3.30. The first-order valence-electron chi connectivity index (χ1n) is 7.90. The van der Waals surface area contributed by atoms with Gasteiger partial charge in [-0.05, 0) is 30.2 Å². The summed E-state index contributed by atoms with van der Waals surface area (Å²) in [4.78, 5) is 10.6. The standard InChI is InChI=1S/C17H18F4N4/c1-11(8-17(19,20)21)7-15-23-16-14(22-10-24(16)2)9-25(15)13-5-3-12(18)4-6-13/h3-6,10-11H,7-9H2,1-2H3. The van der Waals surface area contributed by atoms with E-state index in [0.29, 0.717) is 23.9 Å². The number of amidine groups is 1. The second kappa shape index (κ2) is 6.50. The van der Waals surface area contributed by atoms with Crippen molar-refractivity contribution in [3.8, 4) is 0 Å². The lowest BCUT2D eigenvalue weighted by Gasteiger charge is -2.30. The molecular weight excluding hydrogens is 336 g/mol. The van der Waals surface area contributed by atoms with Crippen LogP contribution in [0.4, 0.5) is 29.1 Å². The van der Waals surface area contributed by atoms with Gasteiger partial charge < -0.3 is 9.47 Å². The normalized spacial score (nSPS) is 15.8. The summed E-state index contributed by atoms with van der Waals surface area (Å²) in [5.74, 6) is 0.187. The van der Waals surface area contributed by atoms with E-state index < -0.39 is 18.5 Å². The van der Waals surface area contributed by atoms with Crippen LogP contribution in [0.1, 0.15) is 25.5 Å². The number of fused-ring (bicyclic) bond motifs is 1. The lowest BCUT2D eigenvalue weighted by atomic mass is 10.0. The molecular formula is C17H18F4N4. The van der Waals surface area contributed by atoms with Crippen LogP contribution < -0.4 is 4.90 Å². The SMILES string of the molecule is CC(CC1=Nc2c(ncn2C)CN1c1ccc(F)cc1)CC(F)(F)F. The van der Waals surface area contributed by atoms with Crippen LogP contribution >= 0.6 is 0 Å². The summed E-state index contributed by atoms with van der Waals surface area (Å²) in [6, 6.07) is 5.82. The third kappa shape index (κ3) is 4.00. The minimum atomic E-state index is -4.22. The summed E-state index contributed by atoms with van der Waals surface area (Å²) in [5.41, 5.74) is 1.41. The number of hydrogen-bond acceptors (Lipinski definition) is 3. The Balaban J connectivity index is 1.92. The molecule has 0 saturated heterocycles. The number of aromatic nitrogens is 2. The van der Waals surface area contributed by atoms with E-state index in [-0.39, 0.29) is 12.2 Å². The smallest absolute Gasteiger partial charge is 0.324 e. The Morgan fingerprint density at radius 2 is 1.88 bits per heavy atom. The van der Waals surface area contributed by atoms with Gasteiger partial charge >= 0.3 is 6.18 Å². The molecule has 0 N–H and O–H groups in total. The first-order valence-corrected chi connectivity index (χ1v) is 7.90. The van der Waals surface area contributed by atoms with Gasteiger partial charge in [0.25, 0.3) is 0 Å². The first-order chi connectivity index (χ1) is 11.7. The van der Waals surface area contributed by atoms with Gasteiger partial charge in [-0.3, -0.25) is 0 Å². The van der Waals surface area contributed by atoms with E-state index in [1.807, 2.05) is 0 Å². The molecule has 8 heteroatoms. The van der Waals surface area contributed by atoms with Crippen LogP contribution in [0.3, 0.4) is 0 Å². The van der Waals surface area contributed by atoms with E-state index in [4.69, 9.17) is 0 Å². The Hall–Kier alpha value is -2.38. The molecule has 1 atom stereocenters. The molecule has 0 radical (unpaired) electrons. The molecule has 1 aliphatic rings. The number of halogens is 4. The summed E-state index contributed by atoms with van der Waals surface area (Å²) >= 11 is 0. The highest BCUT2D eigenvalue weighted by atomic mass is 19.4. The number of hydrogen-bond donors (Lipinski definition) is 0. The van der Waals surface area contributed by atoms with Gasteiger partial charge in [0.1, 0.15) is 17.3 Å². The zero-order chi connectivity index (χ0) is 18.2. The van der Waals surface area contributed by atoms with Gasteiger partial charge in [0.2, 0.25) is 0 Å². The largest absolute Gasteiger partial charge is 0.389 e. The van der Waals surface area contributed by atoms with Crippen molar-refractivity contribution in [2.24, 2.45) is 18.0 Å². The summed E-state index contributed by atoms with van der Waals surface area (Å²) < 4.78 is 52.9. The molecule has 2 heterocycles. The fourth-order valence-electron chi connectivity index (χ4n) is 2.95. The maximum Gasteiger partial charge on any atom is 0.389 e. The number of rotatable bonds is 4. The first kappa shape index (κ1) is 17.4. The lowest BCUT2D eigenvalue weighted by Crippen LogP contribution is -2.34. The van der Waals surface area contributed by atoms with Crippen molar-refractivity contribution in [2.75, 3.05) is 4.90 Å². The van der Waals surface area contributed by atoms with Gasteiger partial charge in [0, 0.05) is 25.6 Å². The average molecular weight is 354 g/mol. The van der Waals surface area contributed by atoms with Gasteiger partial charge in [-0.15, -0.1) is 0 Å². The molecule has 4 nitrogen and oxygen atoms in total. The molecule has 1 unspecified atom stereocenters. The van der Waals surface area contributed by atoms with Crippen LogP contribution in [0, 0.1) is 11.7 Å². The molecule has 134 valence electrons. The zero-order valence-corrected chi connectivity index (χ0v) is 13.9. The molecule has 0 spiro atoms. The quantitative estimate of drug-likeness (QED) is 0.753. The Morgan fingerprint density at radius 1 is 1.20 bits per heavy atom. The zero-order valence-electron chi connectivity index (χ0n) is 13.9. The number of benzene rings is 1.